The standard InChI is InChI=1S/C25H21FN2O6S/c1-4-34-24(32)22-13(2)27-25(35-22)28-19(14-5-9-16(26)10-6-14)18(21(30)23(28)31)20(29)15-7-11-17(33-3)12-8-15/h5-12,19,29H,4H2,1-3H3/b20-18-. The van der Waals surface area contributed by atoms with Crippen LogP contribution in [0.4, 0.5) is 9.52 Å². The lowest BCUT2D eigenvalue weighted by Crippen LogP contribution is -2.29. The highest BCUT2D eigenvalue weighted by molar-refractivity contribution is 7.17. The van der Waals surface area contributed by atoms with Crippen molar-refractivity contribution in [3.05, 3.63) is 81.6 Å². The van der Waals surface area contributed by atoms with E-state index < -0.39 is 35.3 Å². The third-order valence-corrected chi connectivity index (χ3v) is 6.58. The van der Waals surface area contributed by atoms with E-state index >= 15 is 0 Å². The first kappa shape index (κ1) is 24.1. The summed E-state index contributed by atoms with van der Waals surface area (Å²) in [6.07, 6.45) is 0. The van der Waals surface area contributed by atoms with Gasteiger partial charge in [0.15, 0.2) is 5.13 Å². The van der Waals surface area contributed by atoms with Crippen LogP contribution in [0, 0.1) is 12.7 Å². The monoisotopic (exact) mass is 496 g/mol. The number of methoxy groups -OCH3 is 1. The highest BCUT2D eigenvalue weighted by Crippen LogP contribution is 2.44. The van der Waals surface area contributed by atoms with Crippen LogP contribution in [-0.2, 0) is 14.3 Å². The van der Waals surface area contributed by atoms with Crippen LogP contribution in [0.3, 0.4) is 0 Å². The van der Waals surface area contributed by atoms with Crippen molar-refractivity contribution in [3.63, 3.8) is 0 Å². The number of hydrogen-bond acceptors (Lipinski definition) is 8. The molecule has 1 fully saturated rings. The number of aliphatic hydroxyl groups is 1. The maximum absolute atomic E-state index is 13.7. The number of hydrogen-bond donors (Lipinski definition) is 1. The molecule has 2 aromatic carbocycles. The summed E-state index contributed by atoms with van der Waals surface area (Å²) in [5.41, 5.74) is 0.820. The molecule has 1 atom stereocenters. The molecule has 1 aliphatic heterocycles. The van der Waals surface area contributed by atoms with Gasteiger partial charge in [0.2, 0.25) is 0 Å². The summed E-state index contributed by atoms with van der Waals surface area (Å²) in [5, 5.41) is 11.2. The molecule has 1 aromatic heterocycles. The molecule has 0 bridgehead atoms. The minimum atomic E-state index is -1.10. The van der Waals surface area contributed by atoms with E-state index in [9.17, 15) is 23.9 Å². The molecule has 180 valence electrons. The molecule has 2 heterocycles. The molecule has 1 amide bonds. The Bertz CT molecular complexity index is 1330. The highest BCUT2D eigenvalue weighted by Gasteiger charge is 2.48. The van der Waals surface area contributed by atoms with E-state index in [1.807, 2.05) is 0 Å². The maximum Gasteiger partial charge on any atom is 0.350 e. The number of ketones is 1. The van der Waals surface area contributed by atoms with Crippen molar-refractivity contribution in [2.45, 2.75) is 19.9 Å². The zero-order valence-electron chi connectivity index (χ0n) is 19.1. The van der Waals surface area contributed by atoms with E-state index in [1.54, 1.807) is 38.1 Å². The number of halogens is 1. The predicted molar refractivity (Wildman–Crippen MR) is 127 cm³/mol. The number of aryl methyl sites for hydroxylation is 1. The molecule has 1 saturated heterocycles. The Hall–Kier alpha value is -4.05. The van der Waals surface area contributed by atoms with Crippen molar-refractivity contribution in [2.75, 3.05) is 18.6 Å². The lowest BCUT2D eigenvalue weighted by atomic mass is 9.95. The van der Waals surface area contributed by atoms with Gasteiger partial charge in [0.1, 0.15) is 22.2 Å². The molecule has 3 aromatic rings. The van der Waals surface area contributed by atoms with E-state index in [1.165, 1.54) is 31.4 Å². The van der Waals surface area contributed by atoms with Gasteiger partial charge < -0.3 is 14.6 Å². The fraction of sp³-hybridized carbons (Fsp3) is 0.200. The van der Waals surface area contributed by atoms with Crippen molar-refractivity contribution in [1.82, 2.24) is 4.98 Å². The summed E-state index contributed by atoms with van der Waals surface area (Å²) < 4.78 is 23.9. The van der Waals surface area contributed by atoms with Gasteiger partial charge >= 0.3 is 11.9 Å². The van der Waals surface area contributed by atoms with Crippen molar-refractivity contribution in [2.24, 2.45) is 0 Å². The molecular weight excluding hydrogens is 475 g/mol. The Balaban J connectivity index is 1.89. The molecule has 1 unspecified atom stereocenters. The van der Waals surface area contributed by atoms with E-state index in [0.29, 0.717) is 22.6 Å². The van der Waals surface area contributed by atoms with Gasteiger partial charge in [0.25, 0.3) is 5.78 Å². The van der Waals surface area contributed by atoms with E-state index in [0.717, 1.165) is 16.2 Å². The smallest absolute Gasteiger partial charge is 0.350 e. The van der Waals surface area contributed by atoms with Gasteiger partial charge in [-0.2, -0.15) is 0 Å². The molecule has 35 heavy (non-hydrogen) atoms. The molecule has 1 aliphatic rings. The first-order valence-corrected chi connectivity index (χ1v) is 11.4. The number of anilines is 1. The molecular formula is C25H21FN2O6S. The largest absolute Gasteiger partial charge is 0.507 e. The maximum atomic E-state index is 13.7. The number of carbonyl (C=O) groups excluding carboxylic acids is 3. The number of amides is 1. The molecule has 0 radical (unpaired) electrons. The summed E-state index contributed by atoms with van der Waals surface area (Å²) in [7, 11) is 1.50. The minimum Gasteiger partial charge on any atom is -0.507 e. The third kappa shape index (κ3) is 4.40. The number of aromatic nitrogens is 1. The van der Waals surface area contributed by atoms with Crippen LogP contribution in [-0.4, -0.2) is 41.5 Å². The van der Waals surface area contributed by atoms with Gasteiger partial charge in [0.05, 0.1) is 31.0 Å². The Morgan fingerprint density at radius 3 is 2.40 bits per heavy atom. The molecule has 0 aliphatic carbocycles. The fourth-order valence-electron chi connectivity index (χ4n) is 3.77. The number of ether oxygens (including phenoxy) is 2. The average molecular weight is 497 g/mol. The SMILES string of the molecule is CCOC(=O)c1sc(N2C(=O)C(=O)/C(=C(\O)c3ccc(OC)cc3)C2c2ccc(F)cc2)nc1C. The van der Waals surface area contributed by atoms with Crippen LogP contribution in [0.25, 0.3) is 5.76 Å². The second-order valence-electron chi connectivity index (χ2n) is 7.58. The predicted octanol–water partition coefficient (Wildman–Crippen LogP) is 4.40. The normalized spacial score (nSPS) is 17.0. The lowest BCUT2D eigenvalue weighted by Gasteiger charge is -2.23. The summed E-state index contributed by atoms with van der Waals surface area (Å²) in [6, 6.07) is 10.4. The van der Waals surface area contributed by atoms with Gasteiger partial charge in [-0.25, -0.2) is 14.2 Å². The second kappa shape index (κ2) is 9.67. The summed E-state index contributed by atoms with van der Waals surface area (Å²) in [6.45, 7) is 3.42. The number of thiazole rings is 1. The zero-order chi connectivity index (χ0) is 25.3. The van der Waals surface area contributed by atoms with Crippen LogP contribution in [0.2, 0.25) is 0 Å². The first-order chi connectivity index (χ1) is 16.8. The van der Waals surface area contributed by atoms with Crippen molar-refractivity contribution in [3.8, 4) is 5.75 Å². The topological polar surface area (TPSA) is 106 Å². The first-order valence-electron chi connectivity index (χ1n) is 10.6. The summed E-state index contributed by atoms with van der Waals surface area (Å²) >= 11 is 0.899. The highest BCUT2D eigenvalue weighted by atomic mass is 32.1. The molecule has 0 saturated carbocycles. The average Bonchev–Trinajstić information content (AvgIpc) is 3.36. The number of rotatable bonds is 6. The third-order valence-electron chi connectivity index (χ3n) is 5.45. The van der Waals surface area contributed by atoms with Gasteiger partial charge in [0, 0.05) is 5.56 Å². The zero-order valence-corrected chi connectivity index (χ0v) is 19.9. The molecule has 4 rings (SSSR count). The van der Waals surface area contributed by atoms with E-state index in [2.05, 4.69) is 4.98 Å². The summed E-state index contributed by atoms with van der Waals surface area (Å²) in [4.78, 5) is 44.4. The summed E-state index contributed by atoms with van der Waals surface area (Å²) in [5.74, 6) is -2.82. The molecule has 0 spiro atoms. The van der Waals surface area contributed by atoms with Gasteiger partial charge in [-0.15, -0.1) is 0 Å². The number of carbonyl (C=O) groups is 3. The van der Waals surface area contributed by atoms with Crippen LogP contribution in [0.5, 0.6) is 5.75 Å². The number of aliphatic hydroxyl groups excluding tert-OH is 1. The lowest BCUT2D eigenvalue weighted by molar-refractivity contribution is -0.132. The van der Waals surface area contributed by atoms with E-state index in [4.69, 9.17) is 9.47 Å². The van der Waals surface area contributed by atoms with Crippen molar-refractivity contribution in [1.29, 1.82) is 0 Å². The van der Waals surface area contributed by atoms with Crippen molar-refractivity contribution >= 4 is 39.9 Å². The van der Waals surface area contributed by atoms with Gasteiger partial charge in [-0.1, -0.05) is 23.5 Å². The Labute approximate surface area is 204 Å². The second-order valence-corrected chi connectivity index (χ2v) is 8.56. The molecule has 8 nitrogen and oxygen atoms in total. The quantitative estimate of drug-likeness (QED) is 0.233. The Morgan fingerprint density at radius 2 is 1.80 bits per heavy atom. The molecule has 1 N–H and O–H groups in total. The number of benzene rings is 2. The van der Waals surface area contributed by atoms with Crippen LogP contribution < -0.4 is 9.64 Å². The molecule has 10 heteroatoms. The van der Waals surface area contributed by atoms with Crippen molar-refractivity contribution < 1.29 is 33.4 Å². The van der Waals surface area contributed by atoms with Crippen LogP contribution in [0.1, 0.15) is 39.5 Å². The van der Waals surface area contributed by atoms with Crippen LogP contribution in [0.15, 0.2) is 54.1 Å². The van der Waals surface area contributed by atoms with E-state index in [-0.39, 0.29) is 22.2 Å². The fourth-order valence-corrected chi connectivity index (χ4v) is 4.75. The number of esters is 1. The number of Topliss-reactive ketones (excluding diaryl/α,β-unsaturated/α-hetero) is 1. The van der Waals surface area contributed by atoms with Crippen LogP contribution >= 0.6 is 11.3 Å². The Kier molecular flexibility index (Phi) is 6.65. The minimum absolute atomic E-state index is 0.0794. The van der Waals surface area contributed by atoms with Gasteiger partial charge in [-0.05, 0) is 55.8 Å². The number of nitrogens with zero attached hydrogens (tertiary/aromatic N) is 2. The Morgan fingerprint density at radius 1 is 1.14 bits per heavy atom. The van der Waals surface area contributed by atoms with Gasteiger partial charge in [-0.3, -0.25) is 14.5 Å².